The van der Waals surface area contributed by atoms with Crippen LogP contribution in [0.3, 0.4) is 0 Å². The third-order valence-electron chi connectivity index (χ3n) is 2.83. The van der Waals surface area contributed by atoms with Gasteiger partial charge in [0.05, 0.1) is 11.5 Å². The van der Waals surface area contributed by atoms with Crippen LogP contribution >= 0.6 is 11.8 Å². The summed E-state index contributed by atoms with van der Waals surface area (Å²) in [6, 6.07) is 0.911. The van der Waals surface area contributed by atoms with Crippen molar-refractivity contribution >= 4 is 21.6 Å². The van der Waals surface area contributed by atoms with Gasteiger partial charge in [0.1, 0.15) is 9.84 Å². The molecule has 1 heterocycles. The van der Waals surface area contributed by atoms with Crippen molar-refractivity contribution in [1.29, 1.82) is 0 Å². The highest BCUT2D eigenvalue weighted by Crippen LogP contribution is 2.13. The third kappa shape index (κ3) is 5.22. The highest BCUT2D eigenvalue weighted by atomic mass is 32.2. The van der Waals surface area contributed by atoms with E-state index in [1.807, 2.05) is 11.8 Å². The summed E-state index contributed by atoms with van der Waals surface area (Å²) in [6.45, 7) is 2.18. The fourth-order valence-corrected chi connectivity index (χ4v) is 3.92. The maximum atomic E-state index is 11.2. The first kappa shape index (κ1) is 13.3. The Morgan fingerprint density at radius 3 is 2.53 bits per heavy atom. The molecule has 0 aromatic rings. The smallest absolute Gasteiger partial charge is 0.150 e. The molecule has 0 amide bonds. The monoisotopic (exact) mass is 251 g/mol. The van der Waals surface area contributed by atoms with E-state index in [0.29, 0.717) is 23.6 Å². The normalized spacial score (nSPS) is 23.9. The second-order valence-electron chi connectivity index (χ2n) is 4.28. The van der Waals surface area contributed by atoms with E-state index in [9.17, 15) is 8.42 Å². The minimum Gasteiger partial charge on any atom is -0.311 e. The van der Waals surface area contributed by atoms with Crippen molar-refractivity contribution in [1.82, 2.24) is 5.32 Å². The van der Waals surface area contributed by atoms with Crippen LogP contribution in [0.4, 0.5) is 0 Å². The van der Waals surface area contributed by atoms with E-state index in [1.165, 1.54) is 5.75 Å². The average molecular weight is 251 g/mol. The summed E-state index contributed by atoms with van der Waals surface area (Å²) in [5, 5.41) is 3.51. The lowest BCUT2D eigenvalue weighted by Crippen LogP contribution is -2.42. The molecule has 0 saturated carbocycles. The molecule has 3 nitrogen and oxygen atoms in total. The Morgan fingerprint density at radius 1 is 1.40 bits per heavy atom. The predicted molar refractivity (Wildman–Crippen MR) is 67.3 cm³/mol. The van der Waals surface area contributed by atoms with Gasteiger partial charge in [-0.3, -0.25) is 0 Å². The maximum absolute atomic E-state index is 11.2. The van der Waals surface area contributed by atoms with Gasteiger partial charge in [0.15, 0.2) is 0 Å². The Hall–Kier alpha value is 0.260. The van der Waals surface area contributed by atoms with Crippen LogP contribution in [0, 0.1) is 0 Å². The number of thioether (sulfide) groups is 1. The van der Waals surface area contributed by atoms with Crippen molar-refractivity contribution < 1.29 is 8.42 Å². The van der Waals surface area contributed by atoms with Gasteiger partial charge in [-0.25, -0.2) is 8.42 Å². The van der Waals surface area contributed by atoms with E-state index in [0.717, 1.165) is 19.3 Å². The molecule has 0 aromatic carbocycles. The van der Waals surface area contributed by atoms with Crippen LogP contribution in [0.15, 0.2) is 0 Å². The van der Waals surface area contributed by atoms with Crippen molar-refractivity contribution in [3.8, 4) is 0 Å². The summed E-state index contributed by atoms with van der Waals surface area (Å²) >= 11 is 1.86. The van der Waals surface area contributed by atoms with Gasteiger partial charge in [0.25, 0.3) is 0 Å². The summed E-state index contributed by atoms with van der Waals surface area (Å²) < 4.78 is 22.4. The van der Waals surface area contributed by atoms with E-state index >= 15 is 0 Å². The second-order valence-corrected chi connectivity index (χ2v) is 7.56. The first-order valence-electron chi connectivity index (χ1n) is 5.49. The lowest BCUT2D eigenvalue weighted by atomic mass is 10.1. The molecule has 0 bridgehead atoms. The average Bonchev–Trinajstić information content (AvgIpc) is 2.18. The van der Waals surface area contributed by atoms with Crippen molar-refractivity contribution in [2.75, 3.05) is 23.5 Å². The van der Waals surface area contributed by atoms with Crippen LogP contribution < -0.4 is 5.32 Å². The van der Waals surface area contributed by atoms with Crippen LogP contribution in [-0.4, -0.2) is 44.0 Å². The fraction of sp³-hybridized carbons (Fsp3) is 1.00. The fourth-order valence-electron chi connectivity index (χ4n) is 1.84. The molecule has 1 aliphatic rings. The van der Waals surface area contributed by atoms with Crippen LogP contribution in [0.1, 0.15) is 26.2 Å². The van der Waals surface area contributed by atoms with Crippen molar-refractivity contribution in [2.45, 2.75) is 38.3 Å². The van der Waals surface area contributed by atoms with E-state index in [4.69, 9.17) is 0 Å². The van der Waals surface area contributed by atoms with Gasteiger partial charge in [-0.05, 0) is 38.2 Å². The second kappa shape index (κ2) is 6.11. The minimum absolute atomic E-state index is 0.361. The van der Waals surface area contributed by atoms with Crippen molar-refractivity contribution in [2.24, 2.45) is 0 Å². The van der Waals surface area contributed by atoms with Crippen LogP contribution in [0.5, 0.6) is 0 Å². The molecule has 1 saturated heterocycles. The molecule has 90 valence electrons. The predicted octanol–water partition coefficient (Wildman–Crippen LogP) is 1.29. The minimum atomic E-state index is -2.71. The van der Waals surface area contributed by atoms with Gasteiger partial charge in [0.2, 0.25) is 0 Å². The zero-order chi connectivity index (χ0) is 11.3. The number of nitrogens with one attached hydrogen (secondary N) is 1. The topological polar surface area (TPSA) is 46.2 Å². The van der Waals surface area contributed by atoms with E-state index in [1.54, 1.807) is 0 Å². The molecular weight excluding hydrogens is 230 g/mol. The standard InChI is InChI=1S/C10H21NO2S2/c1-9(3-6-14-2)11-10-4-7-15(12,13)8-5-10/h9-11H,3-8H2,1-2H3. The Balaban J connectivity index is 2.23. The number of rotatable bonds is 5. The SMILES string of the molecule is CSCCC(C)NC1CCS(=O)(=O)CC1. The van der Waals surface area contributed by atoms with Crippen molar-refractivity contribution in [3.05, 3.63) is 0 Å². The molecule has 0 radical (unpaired) electrons. The van der Waals surface area contributed by atoms with Gasteiger partial charge >= 0.3 is 0 Å². The molecule has 15 heavy (non-hydrogen) atoms. The van der Waals surface area contributed by atoms with Gasteiger partial charge in [-0.1, -0.05) is 0 Å². The largest absolute Gasteiger partial charge is 0.311 e. The molecule has 0 spiro atoms. The molecule has 1 atom stereocenters. The maximum Gasteiger partial charge on any atom is 0.150 e. The summed E-state index contributed by atoms with van der Waals surface area (Å²) in [7, 11) is -2.71. The number of hydrogen-bond donors (Lipinski definition) is 1. The quantitative estimate of drug-likeness (QED) is 0.800. The molecule has 1 unspecified atom stereocenters. The highest BCUT2D eigenvalue weighted by Gasteiger charge is 2.23. The van der Waals surface area contributed by atoms with Gasteiger partial charge in [0, 0.05) is 12.1 Å². The Kier molecular flexibility index (Phi) is 5.43. The highest BCUT2D eigenvalue weighted by molar-refractivity contribution is 7.98. The van der Waals surface area contributed by atoms with Crippen molar-refractivity contribution in [3.63, 3.8) is 0 Å². The molecule has 1 N–H and O–H groups in total. The van der Waals surface area contributed by atoms with Crippen LogP contribution in [0.25, 0.3) is 0 Å². The molecule has 1 rings (SSSR count). The molecule has 1 aliphatic heterocycles. The molecule has 0 aromatic heterocycles. The lowest BCUT2D eigenvalue weighted by Gasteiger charge is -2.26. The summed E-state index contributed by atoms with van der Waals surface area (Å²) in [5.41, 5.74) is 0. The third-order valence-corrected chi connectivity index (χ3v) is 5.19. The van der Waals surface area contributed by atoms with E-state index in [2.05, 4.69) is 18.5 Å². The van der Waals surface area contributed by atoms with Gasteiger partial charge < -0.3 is 5.32 Å². The summed E-state index contributed by atoms with van der Waals surface area (Å²) in [5.74, 6) is 1.89. The zero-order valence-corrected chi connectivity index (χ0v) is 11.2. The summed E-state index contributed by atoms with van der Waals surface area (Å²) in [6.07, 6.45) is 4.84. The molecule has 5 heteroatoms. The molecule has 1 fully saturated rings. The zero-order valence-electron chi connectivity index (χ0n) is 9.53. The Bertz CT molecular complexity index is 263. The number of hydrogen-bond acceptors (Lipinski definition) is 4. The first-order valence-corrected chi connectivity index (χ1v) is 8.70. The van der Waals surface area contributed by atoms with Gasteiger partial charge in [-0.15, -0.1) is 0 Å². The lowest BCUT2D eigenvalue weighted by molar-refractivity contribution is 0.408. The van der Waals surface area contributed by atoms with E-state index < -0.39 is 9.84 Å². The Labute approximate surface area is 97.3 Å². The van der Waals surface area contributed by atoms with Crippen LogP contribution in [0.2, 0.25) is 0 Å². The first-order chi connectivity index (χ1) is 7.03. The Morgan fingerprint density at radius 2 is 2.00 bits per heavy atom. The van der Waals surface area contributed by atoms with Gasteiger partial charge in [-0.2, -0.15) is 11.8 Å². The molecule has 0 aliphatic carbocycles. The molecular formula is C10H21NO2S2. The van der Waals surface area contributed by atoms with Crippen LogP contribution in [-0.2, 0) is 9.84 Å². The summed E-state index contributed by atoms with van der Waals surface area (Å²) in [4.78, 5) is 0. The number of sulfone groups is 1. The van der Waals surface area contributed by atoms with E-state index in [-0.39, 0.29) is 0 Å².